The van der Waals surface area contributed by atoms with E-state index in [1.54, 1.807) is 12.1 Å². The molecule has 0 heterocycles. The molecule has 0 aliphatic heterocycles. The monoisotopic (exact) mass is 384 g/mol. The van der Waals surface area contributed by atoms with E-state index in [1.165, 1.54) is 0 Å². The maximum Gasteiger partial charge on any atom is 0.255 e. The molecular weight excluding hydrogens is 356 g/mol. The second-order valence-corrected chi connectivity index (χ2v) is 6.99. The number of rotatable bonds is 7. The summed E-state index contributed by atoms with van der Waals surface area (Å²) in [4.78, 5) is 14.7. The van der Waals surface area contributed by atoms with E-state index in [1.807, 2.05) is 50.2 Å². The Morgan fingerprint density at radius 2 is 1.86 bits per heavy atom. The first kappa shape index (κ1) is 20.0. The summed E-state index contributed by atoms with van der Waals surface area (Å²) in [7, 11) is 0. The lowest BCUT2D eigenvalue weighted by Crippen LogP contribution is -2.44. The van der Waals surface area contributed by atoms with Crippen LogP contribution in [0.1, 0.15) is 37.0 Å². The number of carbonyl (C=O) groups is 1. The number of phenolic OH excluding ortho intramolecular Hbond substituents is 1. The molecule has 150 valence electrons. The Kier molecular flexibility index (Phi) is 6.41. The molecule has 28 heavy (non-hydrogen) atoms. The van der Waals surface area contributed by atoms with Crippen LogP contribution >= 0.6 is 0 Å². The molecule has 0 spiro atoms. The van der Waals surface area contributed by atoms with Crippen LogP contribution in [0, 0.1) is 0 Å². The summed E-state index contributed by atoms with van der Waals surface area (Å²) in [6.45, 7) is 5.71. The number of carbonyl (C=O) groups excluding carboxylic acids is 1. The van der Waals surface area contributed by atoms with Crippen LogP contribution in [0.4, 0.5) is 5.69 Å². The number of nitrogens with one attached hydrogen (secondary N) is 1. The Morgan fingerprint density at radius 1 is 1.14 bits per heavy atom. The second-order valence-electron chi connectivity index (χ2n) is 6.99. The van der Waals surface area contributed by atoms with Crippen LogP contribution < -0.4 is 15.0 Å². The minimum absolute atomic E-state index is 0.0635. The van der Waals surface area contributed by atoms with E-state index < -0.39 is 18.1 Å². The topological polar surface area (TPSA) is 82.0 Å². The highest BCUT2D eigenvalue weighted by Gasteiger charge is 2.37. The van der Waals surface area contributed by atoms with Crippen LogP contribution in [0.3, 0.4) is 0 Å². The van der Waals surface area contributed by atoms with Gasteiger partial charge in [-0.1, -0.05) is 18.2 Å². The molecule has 3 N–H and O–H groups in total. The SMILES string of the molecule is CCN(CC)c1ccc(C(=O)N[C@@H]2CC[C@@H](Oc3ccccc3)[C@@H]2O)c(O)c1. The lowest BCUT2D eigenvalue weighted by molar-refractivity contribution is 0.0434. The summed E-state index contributed by atoms with van der Waals surface area (Å²) in [5.74, 6) is 0.239. The molecule has 1 aliphatic carbocycles. The highest BCUT2D eigenvalue weighted by molar-refractivity contribution is 5.97. The van der Waals surface area contributed by atoms with E-state index >= 15 is 0 Å². The van der Waals surface area contributed by atoms with E-state index in [-0.39, 0.29) is 17.4 Å². The van der Waals surface area contributed by atoms with Gasteiger partial charge in [-0.3, -0.25) is 4.79 Å². The zero-order valence-electron chi connectivity index (χ0n) is 16.3. The van der Waals surface area contributed by atoms with Crippen molar-refractivity contribution in [3.63, 3.8) is 0 Å². The highest BCUT2D eigenvalue weighted by Crippen LogP contribution is 2.28. The lowest BCUT2D eigenvalue weighted by atomic mass is 10.1. The third kappa shape index (κ3) is 4.39. The predicted molar refractivity (Wildman–Crippen MR) is 109 cm³/mol. The van der Waals surface area contributed by atoms with Crippen molar-refractivity contribution in [2.45, 2.75) is 44.9 Å². The molecule has 6 nitrogen and oxygen atoms in total. The fourth-order valence-corrected chi connectivity index (χ4v) is 3.65. The van der Waals surface area contributed by atoms with E-state index in [9.17, 15) is 15.0 Å². The van der Waals surface area contributed by atoms with Gasteiger partial charge in [-0.25, -0.2) is 0 Å². The number of aliphatic hydroxyl groups is 1. The molecule has 2 aromatic rings. The summed E-state index contributed by atoms with van der Waals surface area (Å²) >= 11 is 0. The van der Waals surface area contributed by atoms with Crippen LogP contribution in [0.15, 0.2) is 48.5 Å². The standard InChI is InChI=1S/C22H28N2O4/c1-3-24(4-2)15-10-11-17(19(25)14-15)22(27)23-18-12-13-20(21(18)26)28-16-8-6-5-7-9-16/h5-11,14,18,20-21,25-26H,3-4,12-13H2,1-2H3,(H,23,27)/t18-,20-,21-/m1/s1. The van der Waals surface area contributed by atoms with Crippen molar-refractivity contribution in [2.75, 3.05) is 18.0 Å². The third-order valence-electron chi connectivity index (χ3n) is 5.26. The van der Waals surface area contributed by atoms with E-state index in [0.29, 0.717) is 18.6 Å². The van der Waals surface area contributed by atoms with Gasteiger partial charge in [0.1, 0.15) is 23.7 Å². The smallest absolute Gasteiger partial charge is 0.255 e. The Bertz CT molecular complexity index is 792. The van der Waals surface area contributed by atoms with Gasteiger partial charge in [-0.05, 0) is 51.0 Å². The summed E-state index contributed by atoms with van der Waals surface area (Å²) in [5.41, 5.74) is 1.08. The molecule has 1 saturated carbocycles. The number of para-hydroxylation sites is 1. The fourth-order valence-electron chi connectivity index (χ4n) is 3.65. The van der Waals surface area contributed by atoms with Crippen LogP contribution in [-0.4, -0.2) is 47.5 Å². The molecule has 0 radical (unpaired) electrons. The predicted octanol–water partition coefficient (Wildman–Crippen LogP) is 2.94. The summed E-state index contributed by atoms with van der Waals surface area (Å²) in [5, 5.41) is 23.7. The molecule has 0 unspecified atom stereocenters. The first-order chi connectivity index (χ1) is 13.5. The van der Waals surface area contributed by atoms with Gasteiger partial charge in [0.2, 0.25) is 0 Å². The molecule has 1 amide bonds. The molecule has 6 heteroatoms. The fraction of sp³-hybridized carbons (Fsp3) is 0.409. The van der Waals surface area contributed by atoms with Gasteiger partial charge in [0, 0.05) is 24.8 Å². The quantitative estimate of drug-likeness (QED) is 0.684. The van der Waals surface area contributed by atoms with E-state index in [2.05, 4.69) is 10.2 Å². The lowest BCUT2D eigenvalue weighted by Gasteiger charge is -2.23. The molecule has 1 aliphatic rings. The zero-order valence-corrected chi connectivity index (χ0v) is 16.3. The number of amides is 1. The minimum Gasteiger partial charge on any atom is -0.507 e. The Hall–Kier alpha value is -2.73. The van der Waals surface area contributed by atoms with Crippen LogP contribution in [-0.2, 0) is 0 Å². The minimum atomic E-state index is -0.804. The van der Waals surface area contributed by atoms with Crippen molar-refractivity contribution in [3.8, 4) is 11.5 Å². The largest absolute Gasteiger partial charge is 0.507 e. The van der Waals surface area contributed by atoms with Crippen molar-refractivity contribution < 1.29 is 19.7 Å². The van der Waals surface area contributed by atoms with Crippen molar-refractivity contribution in [3.05, 3.63) is 54.1 Å². The molecule has 3 atom stereocenters. The van der Waals surface area contributed by atoms with Gasteiger partial charge in [0.15, 0.2) is 0 Å². The Balaban J connectivity index is 1.63. The number of ether oxygens (including phenoxy) is 1. The molecular formula is C22H28N2O4. The number of nitrogens with zero attached hydrogens (tertiary/aromatic N) is 1. The number of hydrogen-bond acceptors (Lipinski definition) is 5. The van der Waals surface area contributed by atoms with Gasteiger partial charge >= 0.3 is 0 Å². The van der Waals surface area contributed by atoms with Crippen LogP contribution in [0.5, 0.6) is 11.5 Å². The first-order valence-corrected chi connectivity index (χ1v) is 9.82. The normalized spacial score (nSPS) is 21.3. The van der Waals surface area contributed by atoms with Crippen LogP contribution in [0.2, 0.25) is 0 Å². The number of hydrogen-bond donors (Lipinski definition) is 3. The summed E-state index contributed by atoms with van der Waals surface area (Å²) < 4.78 is 5.84. The van der Waals surface area contributed by atoms with Gasteiger partial charge < -0.3 is 25.2 Å². The molecule has 2 aromatic carbocycles. The second kappa shape index (κ2) is 8.97. The number of anilines is 1. The van der Waals surface area contributed by atoms with Gasteiger partial charge in [0.05, 0.1) is 11.6 Å². The number of benzene rings is 2. The summed E-state index contributed by atoms with van der Waals surface area (Å²) in [6.07, 6.45) is 0.0870. The first-order valence-electron chi connectivity index (χ1n) is 9.82. The van der Waals surface area contributed by atoms with Crippen molar-refractivity contribution >= 4 is 11.6 Å². The van der Waals surface area contributed by atoms with Crippen molar-refractivity contribution in [1.29, 1.82) is 0 Å². The van der Waals surface area contributed by atoms with Gasteiger partial charge in [0.25, 0.3) is 5.91 Å². The van der Waals surface area contributed by atoms with Gasteiger partial charge in [-0.2, -0.15) is 0 Å². The Labute approximate surface area is 165 Å². The van der Waals surface area contributed by atoms with E-state index in [4.69, 9.17) is 4.74 Å². The number of phenols is 1. The van der Waals surface area contributed by atoms with Crippen LogP contribution in [0.25, 0.3) is 0 Å². The molecule has 0 bridgehead atoms. The van der Waals surface area contributed by atoms with E-state index in [0.717, 1.165) is 18.8 Å². The number of aliphatic hydroxyl groups excluding tert-OH is 1. The maximum absolute atomic E-state index is 12.6. The average molecular weight is 384 g/mol. The summed E-state index contributed by atoms with van der Waals surface area (Å²) in [6, 6.07) is 14.0. The molecule has 0 saturated heterocycles. The maximum atomic E-state index is 12.6. The number of aromatic hydroxyl groups is 1. The van der Waals surface area contributed by atoms with Crippen molar-refractivity contribution in [1.82, 2.24) is 5.32 Å². The average Bonchev–Trinajstić information content (AvgIpc) is 3.03. The molecule has 0 aromatic heterocycles. The molecule has 1 fully saturated rings. The van der Waals surface area contributed by atoms with Crippen molar-refractivity contribution in [2.24, 2.45) is 0 Å². The third-order valence-corrected chi connectivity index (χ3v) is 5.26. The highest BCUT2D eigenvalue weighted by atomic mass is 16.5. The Morgan fingerprint density at radius 3 is 2.50 bits per heavy atom. The molecule has 3 rings (SSSR count). The van der Waals surface area contributed by atoms with Gasteiger partial charge in [-0.15, -0.1) is 0 Å². The zero-order chi connectivity index (χ0) is 20.1.